The molecule has 10 nitrogen and oxygen atoms in total. The molecule has 0 atom stereocenters. The smallest absolute Gasteiger partial charge is 0.216 e. The summed E-state index contributed by atoms with van der Waals surface area (Å²) in [6, 6.07) is 0. The van der Waals surface area contributed by atoms with Gasteiger partial charge in [-0.1, -0.05) is 14.9 Å². The highest BCUT2D eigenvalue weighted by Gasteiger charge is 1.74. The Morgan fingerprint density at radius 3 is 0.577 bits per heavy atom. The van der Waals surface area contributed by atoms with Gasteiger partial charge in [0.25, 0.3) is 0 Å². The monoisotopic (exact) mass is 387 g/mol. The second kappa shape index (κ2) is 56.9. The third-order valence-corrected chi connectivity index (χ3v) is 1.41. The van der Waals surface area contributed by atoms with Crippen LogP contribution in [0.5, 0.6) is 0 Å². The van der Waals surface area contributed by atoms with Crippen molar-refractivity contribution in [2.45, 2.75) is 42.5 Å². The van der Waals surface area contributed by atoms with Gasteiger partial charge < -0.3 is 32.1 Å². The third kappa shape index (κ3) is 280. The number of hydrogen-bond donors (Lipinski definition) is 6. The predicted octanol–water partition coefficient (Wildman–Crippen LogP) is -0.535. The van der Waals surface area contributed by atoms with Gasteiger partial charge in [-0.05, 0) is 7.05 Å². The van der Waals surface area contributed by atoms with Crippen molar-refractivity contribution in [1.29, 1.82) is 0 Å². The van der Waals surface area contributed by atoms with E-state index in [1.807, 2.05) is 0 Å². The molecule has 0 aromatic carbocycles. The van der Waals surface area contributed by atoms with E-state index in [9.17, 15) is 19.2 Å². The summed E-state index contributed by atoms with van der Waals surface area (Å²) in [5.74, 6) is 0.0185. The molecule has 0 unspecified atom stereocenters. The number of aliphatic hydroxyl groups is 1. The molecule has 0 radical (unpaired) electrons. The molecule has 26 heavy (non-hydrogen) atoms. The topological polar surface area (TPSA) is 163 Å². The Bertz CT molecular complexity index is 232. The standard InChI is InChI=1S/4C3H7NO.CH5N.CH4O.2CH4/c4*1-3(5)4-2;2*1-2;;/h4*1-2H3,(H,4,5);2H2,1H3;2H,1H3;2*1H4. The van der Waals surface area contributed by atoms with Gasteiger partial charge in [0.1, 0.15) is 0 Å². The maximum Gasteiger partial charge on any atom is 0.216 e. The Labute approximate surface area is 160 Å². The summed E-state index contributed by atoms with van der Waals surface area (Å²) in [6.45, 7) is 5.89. The molecule has 0 aliphatic carbocycles. The lowest BCUT2D eigenvalue weighted by atomic mass is 10.7. The van der Waals surface area contributed by atoms with Gasteiger partial charge in [0.15, 0.2) is 0 Å². The summed E-state index contributed by atoms with van der Waals surface area (Å²) in [5.41, 5.74) is 4.50. The van der Waals surface area contributed by atoms with E-state index in [2.05, 4.69) is 27.0 Å². The maximum absolute atomic E-state index is 9.70. The minimum Gasteiger partial charge on any atom is -0.400 e. The zero-order valence-corrected chi connectivity index (χ0v) is 16.7. The first-order valence-electron chi connectivity index (χ1n) is 6.84. The fraction of sp³-hybridized carbons (Fsp3) is 0.750. The minimum atomic E-state index is 0. The Hall–Kier alpha value is -2.20. The van der Waals surface area contributed by atoms with Crippen LogP contribution >= 0.6 is 0 Å². The first-order chi connectivity index (χ1) is 11.1. The molecule has 0 spiro atoms. The van der Waals surface area contributed by atoms with Crippen LogP contribution in [0.4, 0.5) is 0 Å². The van der Waals surface area contributed by atoms with Crippen LogP contribution in [0.15, 0.2) is 0 Å². The van der Waals surface area contributed by atoms with E-state index >= 15 is 0 Å². The van der Waals surface area contributed by atoms with Crippen molar-refractivity contribution in [2.24, 2.45) is 5.73 Å². The van der Waals surface area contributed by atoms with Crippen LogP contribution < -0.4 is 27.0 Å². The van der Waals surface area contributed by atoms with E-state index in [1.165, 1.54) is 34.7 Å². The van der Waals surface area contributed by atoms with Gasteiger partial charge in [0, 0.05) is 63.0 Å². The molecule has 0 bridgehead atoms. The molecule has 0 aromatic rings. The molecular weight excluding hydrogens is 342 g/mol. The Morgan fingerprint density at radius 2 is 0.577 bits per heavy atom. The summed E-state index contributed by atoms with van der Waals surface area (Å²) in [6.07, 6.45) is 0. The zero-order chi connectivity index (χ0) is 21.1. The number of nitrogens with two attached hydrogens (primary N) is 1. The predicted molar refractivity (Wildman–Crippen MR) is 111 cm³/mol. The first kappa shape index (κ1) is 49.6. The molecule has 0 rings (SSSR count). The highest BCUT2D eigenvalue weighted by molar-refractivity contribution is 5.73. The van der Waals surface area contributed by atoms with Crippen molar-refractivity contribution in [1.82, 2.24) is 21.3 Å². The summed E-state index contributed by atoms with van der Waals surface area (Å²) < 4.78 is 0. The highest BCUT2D eigenvalue weighted by atomic mass is 16.2. The zero-order valence-electron chi connectivity index (χ0n) is 16.7. The lowest BCUT2D eigenvalue weighted by molar-refractivity contribution is -0.119. The summed E-state index contributed by atoms with van der Waals surface area (Å²) in [5, 5.41) is 16.6. The van der Waals surface area contributed by atoms with Crippen molar-refractivity contribution in [3.63, 3.8) is 0 Å². The van der Waals surface area contributed by atoms with Crippen LogP contribution in [0.1, 0.15) is 42.5 Å². The average molecular weight is 388 g/mol. The Kier molecular flexibility index (Phi) is 108. The van der Waals surface area contributed by atoms with Crippen molar-refractivity contribution >= 4 is 23.6 Å². The van der Waals surface area contributed by atoms with E-state index in [0.29, 0.717) is 0 Å². The number of rotatable bonds is 0. The summed E-state index contributed by atoms with van der Waals surface area (Å²) in [4.78, 5) is 38.8. The molecule has 164 valence electrons. The third-order valence-electron chi connectivity index (χ3n) is 1.41. The number of aliphatic hydroxyl groups excluding tert-OH is 1. The molecular formula is C16H45N5O5. The molecule has 0 aliphatic heterocycles. The van der Waals surface area contributed by atoms with E-state index in [1.54, 1.807) is 28.2 Å². The van der Waals surface area contributed by atoms with E-state index < -0.39 is 0 Å². The van der Waals surface area contributed by atoms with Gasteiger partial charge in [0.2, 0.25) is 23.6 Å². The number of hydrogen-bond acceptors (Lipinski definition) is 6. The molecule has 0 fully saturated rings. The molecule has 10 heteroatoms. The normalized spacial score (nSPS) is 5.69. The van der Waals surface area contributed by atoms with E-state index in [0.717, 1.165) is 7.11 Å². The van der Waals surface area contributed by atoms with Crippen LogP contribution in [-0.4, -0.2) is 71.1 Å². The molecule has 0 aromatic heterocycles. The highest BCUT2D eigenvalue weighted by Crippen LogP contribution is 1.46. The van der Waals surface area contributed by atoms with Gasteiger partial charge in [-0.3, -0.25) is 19.2 Å². The average Bonchev–Trinajstić information content (AvgIpc) is 2.59. The van der Waals surface area contributed by atoms with Gasteiger partial charge in [-0.15, -0.1) is 0 Å². The fourth-order valence-corrected chi connectivity index (χ4v) is 0. The lowest BCUT2D eigenvalue weighted by Crippen LogP contribution is -2.11. The van der Waals surface area contributed by atoms with Crippen molar-refractivity contribution in [3.05, 3.63) is 0 Å². The largest absolute Gasteiger partial charge is 0.400 e. The number of nitrogens with one attached hydrogen (secondary N) is 4. The number of amides is 4. The Balaban J connectivity index is -0.0000000254. The SMILES string of the molecule is C.C.CN.CNC(C)=O.CNC(C)=O.CNC(C)=O.CNC(C)=O.CO. The molecule has 4 amide bonds. The maximum atomic E-state index is 9.70. The van der Waals surface area contributed by atoms with E-state index in [4.69, 9.17) is 5.11 Å². The van der Waals surface area contributed by atoms with Crippen LogP contribution in [0, 0.1) is 0 Å². The van der Waals surface area contributed by atoms with Gasteiger partial charge in [0.05, 0.1) is 0 Å². The van der Waals surface area contributed by atoms with E-state index in [-0.39, 0.29) is 38.5 Å². The van der Waals surface area contributed by atoms with Gasteiger partial charge in [-0.2, -0.15) is 0 Å². The van der Waals surface area contributed by atoms with Crippen LogP contribution in [0.25, 0.3) is 0 Å². The van der Waals surface area contributed by atoms with Crippen LogP contribution in [-0.2, 0) is 19.2 Å². The Morgan fingerprint density at radius 1 is 0.538 bits per heavy atom. The fourth-order valence-electron chi connectivity index (χ4n) is 0. The minimum absolute atomic E-state index is 0. The quantitative estimate of drug-likeness (QED) is 0.327. The lowest BCUT2D eigenvalue weighted by Gasteiger charge is -1.80. The van der Waals surface area contributed by atoms with Crippen molar-refractivity contribution in [2.75, 3.05) is 42.3 Å². The van der Waals surface area contributed by atoms with Crippen molar-refractivity contribution in [3.8, 4) is 0 Å². The first-order valence-corrected chi connectivity index (χ1v) is 6.84. The summed E-state index contributed by atoms with van der Waals surface area (Å²) >= 11 is 0. The second-order valence-corrected chi connectivity index (χ2v) is 3.22. The molecule has 0 saturated heterocycles. The molecule has 0 saturated carbocycles. The number of carbonyl (C=O) groups is 4. The molecule has 7 N–H and O–H groups in total. The van der Waals surface area contributed by atoms with Crippen LogP contribution in [0.2, 0.25) is 0 Å². The van der Waals surface area contributed by atoms with Crippen molar-refractivity contribution < 1.29 is 24.3 Å². The van der Waals surface area contributed by atoms with Gasteiger partial charge in [-0.25, -0.2) is 0 Å². The van der Waals surface area contributed by atoms with Crippen LogP contribution in [0.3, 0.4) is 0 Å². The number of carbonyl (C=O) groups excluding carboxylic acids is 4. The second-order valence-electron chi connectivity index (χ2n) is 3.22. The summed E-state index contributed by atoms with van der Waals surface area (Å²) in [7, 11) is 8.90. The molecule has 0 aliphatic rings. The molecule has 0 heterocycles. The van der Waals surface area contributed by atoms with Gasteiger partial charge >= 0.3 is 0 Å².